The fourth-order valence-corrected chi connectivity index (χ4v) is 2.30. The average Bonchev–Trinajstić information content (AvgIpc) is 2.68. The quantitative estimate of drug-likeness (QED) is 0.793. The van der Waals surface area contributed by atoms with E-state index in [1.807, 2.05) is 0 Å². The molecule has 18 heavy (non-hydrogen) atoms. The molecule has 1 rings (SSSR count). The summed E-state index contributed by atoms with van der Waals surface area (Å²) in [6, 6.07) is 0. The van der Waals surface area contributed by atoms with Gasteiger partial charge >= 0.3 is 5.97 Å². The van der Waals surface area contributed by atoms with Gasteiger partial charge in [0, 0.05) is 12.0 Å². The minimum absolute atomic E-state index is 0.0266. The van der Waals surface area contributed by atoms with Crippen LogP contribution in [-0.4, -0.2) is 22.5 Å². The van der Waals surface area contributed by atoms with E-state index in [4.69, 9.17) is 0 Å². The van der Waals surface area contributed by atoms with Crippen molar-refractivity contribution in [1.82, 2.24) is 5.32 Å². The highest BCUT2D eigenvalue weighted by Gasteiger charge is 2.44. The second-order valence-electron chi connectivity index (χ2n) is 6.46. The van der Waals surface area contributed by atoms with E-state index in [9.17, 15) is 14.7 Å². The molecule has 0 bridgehead atoms. The van der Waals surface area contributed by atoms with Crippen LogP contribution in [0.4, 0.5) is 0 Å². The Balaban J connectivity index is 2.58. The molecule has 2 N–H and O–H groups in total. The van der Waals surface area contributed by atoms with Crippen molar-refractivity contribution in [3.05, 3.63) is 0 Å². The molecule has 0 heterocycles. The van der Waals surface area contributed by atoms with Crippen LogP contribution in [-0.2, 0) is 9.59 Å². The Hall–Kier alpha value is -1.06. The number of carbonyl (C=O) groups excluding carboxylic acids is 1. The molecule has 104 valence electrons. The number of rotatable bonds is 5. The summed E-state index contributed by atoms with van der Waals surface area (Å²) >= 11 is 0. The monoisotopic (exact) mass is 255 g/mol. The fraction of sp³-hybridized carbons (Fsp3) is 0.857. The van der Waals surface area contributed by atoms with Gasteiger partial charge in [0.05, 0.1) is 5.41 Å². The number of hydrogen-bond donors (Lipinski definition) is 2. The van der Waals surface area contributed by atoms with Crippen LogP contribution < -0.4 is 5.32 Å². The summed E-state index contributed by atoms with van der Waals surface area (Å²) in [6.07, 6.45) is 5.19. The fourth-order valence-electron chi connectivity index (χ4n) is 2.30. The van der Waals surface area contributed by atoms with Crippen LogP contribution >= 0.6 is 0 Å². The van der Waals surface area contributed by atoms with Crippen molar-refractivity contribution in [2.24, 2.45) is 11.3 Å². The Morgan fingerprint density at radius 1 is 1.17 bits per heavy atom. The van der Waals surface area contributed by atoms with Crippen LogP contribution in [0.1, 0.15) is 59.8 Å². The Bertz CT molecular complexity index is 328. The molecule has 1 aliphatic carbocycles. The van der Waals surface area contributed by atoms with Crippen molar-refractivity contribution in [1.29, 1.82) is 0 Å². The second-order valence-corrected chi connectivity index (χ2v) is 6.46. The zero-order chi connectivity index (χ0) is 14.0. The number of carbonyl (C=O) groups is 2. The molecule has 1 amide bonds. The first-order valence-corrected chi connectivity index (χ1v) is 6.71. The molecule has 0 aromatic carbocycles. The van der Waals surface area contributed by atoms with E-state index in [0.717, 1.165) is 12.8 Å². The highest BCUT2D eigenvalue weighted by molar-refractivity contribution is 5.80. The smallest absolute Gasteiger partial charge is 0.311 e. The number of carboxylic acid groups (broad SMARTS) is 1. The lowest BCUT2D eigenvalue weighted by Crippen LogP contribution is -2.57. The molecule has 4 heteroatoms. The molecular weight excluding hydrogens is 230 g/mol. The van der Waals surface area contributed by atoms with Crippen molar-refractivity contribution in [2.45, 2.75) is 65.3 Å². The van der Waals surface area contributed by atoms with E-state index in [2.05, 4.69) is 5.32 Å². The molecule has 0 saturated heterocycles. The highest BCUT2D eigenvalue weighted by Crippen LogP contribution is 2.32. The number of hydrogen-bond acceptors (Lipinski definition) is 2. The largest absolute Gasteiger partial charge is 0.481 e. The van der Waals surface area contributed by atoms with E-state index < -0.39 is 16.9 Å². The normalized spacial score (nSPS) is 17.8. The van der Waals surface area contributed by atoms with Crippen LogP contribution in [0.15, 0.2) is 0 Å². The van der Waals surface area contributed by atoms with Gasteiger partial charge in [-0.05, 0) is 46.5 Å². The lowest BCUT2D eigenvalue weighted by molar-refractivity contribution is -0.151. The molecule has 1 saturated carbocycles. The van der Waals surface area contributed by atoms with E-state index in [0.29, 0.717) is 12.3 Å². The average molecular weight is 255 g/mol. The van der Waals surface area contributed by atoms with Gasteiger partial charge in [0.1, 0.15) is 0 Å². The summed E-state index contributed by atoms with van der Waals surface area (Å²) in [4.78, 5) is 23.2. The van der Waals surface area contributed by atoms with Crippen molar-refractivity contribution >= 4 is 11.9 Å². The van der Waals surface area contributed by atoms with Crippen molar-refractivity contribution in [3.8, 4) is 0 Å². The summed E-state index contributed by atoms with van der Waals surface area (Å²) < 4.78 is 0. The molecule has 0 spiro atoms. The Kier molecular flexibility index (Phi) is 4.41. The first-order valence-electron chi connectivity index (χ1n) is 6.71. The first kappa shape index (κ1) is 15.0. The van der Waals surface area contributed by atoms with Crippen LogP contribution in [0.2, 0.25) is 0 Å². The SMILES string of the molecule is CC(C)(NC(=O)CC1CCCC1)C(C)(C)C(=O)O. The van der Waals surface area contributed by atoms with Crippen LogP contribution in [0.3, 0.4) is 0 Å². The maximum Gasteiger partial charge on any atom is 0.311 e. The molecule has 0 aromatic rings. The molecule has 0 radical (unpaired) electrons. The maximum absolute atomic E-state index is 12.0. The molecule has 0 atom stereocenters. The zero-order valence-corrected chi connectivity index (χ0v) is 11.9. The van der Waals surface area contributed by atoms with Gasteiger partial charge in [-0.2, -0.15) is 0 Å². The van der Waals surface area contributed by atoms with E-state index >= 15 is 0 Å². The van der Waals surface area contributed by atoms with Crippen LogP contribution in [0, 0.1) is 11.3 Å². The molecule has 1 aliphatic rings. The van der Waals surface area contributed by atoms with Gasteiger partial charge in [-0.1, -0.05) is 12.8 Å². The highest BCUT2D eigenvalue weighted by atomic mass is 16.4. The summed E-state index contributed by atoms with van der Waals surface area (Å²) in [5.74, 6) is -0.441. The molecule has 4 nitrogen and oxygen atoms in total. The van der Waals surface area contributed by atoms with Gasteiger partial charge < -0.3 is 10.4 Å². The molecule has 0 aliphatic heterocycles. The van der Waals surface area contributed by atoms with Crippen LogP contribution in [0.5, 0.6) is 0 Å². The van der Waals surface area contributed by atoms with Gasteiger partial charge in [-0.25, -0.2) is 0 Å². The summed E-state index contributed by atoms with van der Waals surface area (Å²) in [6.45, 7) is 6.83. The third kappa shape index (κ3) is 3.24. The molecule has 1 fully saturated rings. The topological polar surface area (TPSA) is 66.4 Å². The number of nitrogens with one attached hydrogen (secondary N) is 1. The van der Waals surface area contributed by atoms with Gasteiger partial charge in [0.25, 0.3) is 0 Å². The number of carboxylic acids is 1. The third-order valence-electron chi connectivity index (χ3n) is 4.50. The molecule has 0 unspecified atom stereocenters. The Labute approximate surface area is 109 Å². The van der Waals surface area contributed by atoms with Gasteiger partial charge in [-0.15, -0.1) is 0 Å². The van der Waals surface area contributed by atoms with Gasteiger partial charge in [-0.3, -0.25) is 9.59 Å². The lowest BCUT2D eigenvalue weighted by Gasteiger charge is -2.39. The van der Waals surface area contributed by atoms with Crippen molar-refractivity contribution in [2.75, 3.05) is 0 Å². The Morgan fingerprint density at radius 3 is 2.11 bits per heavy atom. The van der Waals surface area contributed by atoms with Crippen molar-refractivity contribution in [3.63, 3.8) is 0 Å². The van der Waals surface area contributed by atoms with E-state index in [1.54, 1.807) is 27.7 Å². The summed E-state index contributed by atoms with van der Waals surface area (Å²) in [7, 11) is 0. The maximum atomic E-state index is 12.0. The zero-order valence-electron chi connectivity index (χ0n) is 11.9. The minimum Gasteiger partial charge on any atom is -0.481 e. The van der Waals surface area contributed by atoms with Crippen LogP contribution in [0.25, 0.3) is 0 Å². The van der Waals surface area contributed by atoms with Gasteiger partial charge in [0.2, 0.25) is 5.91 Å². The number of amides is 1. The summed E-state index contributed by atoms with van der Waals surface area (Å²) in [5.41, 5.74) is -1.74. The third-order valence-corrected chi connectivity index (χ3v) is 4.50. The first-order chi connectivity index (χ1) is 8.17. The summed E-state index contributed by atoms with van der Waals surface area (Å²) in [5, 5.41) is 12.1. The Morgan fingerprint density at radius 2 is 1.67 bits per heavy atom. The second kappa shape index (κ2) is 5.29. The van der Waals surface area contributed by atoms with Gasteiger partial charge in [0.15, 0.2) is 0 Å². The van der Waals surface area contributed by atoms with Crippen molar-refractivity contribution < 1.29 is 14.7 Å². The molecule has 0 aromatic heterocycles. The minimum atomic E-state index is -0.988. The predicted octanol–water partition coefficient (Wildman–Crippen LogP) is 2.57. The predicted molar refractivity (Wildman–Crippen MR) is 70.2 cm³/mol. The van der Waals surface area contributed by atoms with E-state index in [1.165, 1.54) is 12.8 Å². The lowest BCUT2D eigenvalue weighted by atomic mass is 9.74. The van der Waals surface area contributed by atoms with E-state index in [-0.39, 0.29) is 5.91 Å². The standard InChI is InChI=1S/C14H25NO3/c1-13(2,12(17)18)14(3,4)15-11(16)9-10-7-5-6-8-10/h10H,5-9H2,1-4H3,(H,15,16)(H,17,18). The number of aliphatic carboxylic acids is 1. The molecular formula is C14H25NO3.